The number of hydrogen-bond acceptors (Lipinski definition) is 5. The number of rotatable bonds is 5. The number of aromatic nitrogens is 2. The van der Waals surface area contributed by atoms with Gasteiger partial charge < -0.3 is 14.8 Å². The maximum absolute atomic E-state index is 12.8. The summed E-state index contributed by atoms with van der Waals surface area (Å²) in [6, 6.07) is 4.80. The van der Waals surface area contributed by atoms with E-state index in [0.29, 0.717) is 25.2 Å². The molecule has 0 spiro atoms. The van der Waals surface area contributed by atoms with E-state index in [-0.39, 0.29) is 18.4 Å². The van der Waals surface area contributed by atoms with Gasteiger partial charge in [-0.2, -0.15) is 8.78 Å². The highest BCUT2D eigenvalue weighted by Crippen LogP contribution is 2.23. The second kappa shape index (κ2) is 7.73. The Hall–Kier alpha value is -2.33. The Balaban J connectivity index is 1.75. The van der Waals surface area contributed by atoms with E-state index in [0.717, 1.165) is 18.0 Å². The number of aryl methyl sites for hydroxylation is 1. The van der Waals surface area contributed by atoms with E-state index < -0.39 is 20.5 Å². The molecule has 1 atom stereocenters. The van der Waals surface area contributed by atoms with E-state index >= 15 is 0 Å². The van der Waals surface area contributed by atoms with Crippen molar-refractivity contribution in [1.29, 1.82) is 0 Å². The van der Waals surface area contributed by atoms with Gasteiger partial charge in [-0.3, -0.25) is 4.79 Å². The summed E-state index contributed by atoms with van der Waals surface area (Å²) in [6.45, 7) is 1.77. The summed E-state index contributed by atoms with van der Waals surface area (Å²) in [5.41, 5.74) is 0.560. The Labute approximate surface area is 155 Å². The molecule has 0 aliphatic carbocycles. The van der Waals surface area contributed by atoms with Crippen molar-refractivity contribution in [3.63, 3.8) is 0 Å². The molecule has 1 aliphatic rings. The highest BCUT2D eigenvalue weighted by molar-refractivity contribution is 7.91. The molecular weight excluding hydrogens is 378 g/mol. The highest BCUT2D eigenvalue weighted by Gasteiger charge is 2.30. The first-order valence-electron chi connectivity index (χ1n) is 8.39. The third-order valence-corrected chi connectivity index (χ3v) is 5.96. The lowest BCUT2D eigenvalue weighted by molar-refractivity contribution is -0.134. The molecule has 1 aliphatic heterocycles. The molecule has 0 radical (unpaired) electrons. The molecule has 10 heteroatoms. The molecule has 1 aromatic carbocycles. The van der Waals surface area contributed by atoms with Crippen molar-refractivity contribution in [2.75, 3.05) is 19.6 Å². The lowest BCUT2D eigenvalue weighted by Crippen LogP contribution is -2.49. The van der Waals surface area contributed by atoms with Gasteiger partial charge in [-0.25, -0.2) is 13.4 Å². The summed E-state index contributed by atoms with van der Waals surface area (Å²) in [6.07, 6.45) is 3.54. The number of sulfone groups is 1. The molecule has 0 bridgehead atoms. The molecular formula is C17H20F2N4O3S. The fourth-order valence-electron chi connectivity index (χ4n) is 3.11. The fourth-order valence-corrected chi connectivity index (χ4v) is 3.83. The summed E-state index contributed by atoms with van der Waals surface area (Å²) in [4.78, 5) is 18.4. The average Bonchev–Trinajstić information content (AvgIpc) is 3.08. The number of alkyl halides is 2. The van der Waals surface area contributed by atoms with Crippen LogP contribution in [0.1, 0.15) is 17.4 Å². The van der Waals surface area contributed by atoms with Gasteiger partial charge in [0, 0.05) is 39.1 Å². The van der Waals surface area contributed by atoms with Crippen molar-refractivity contribution in [2.45, 2.75) is 23.1 Å². The lowest BCUT2D eigenvalue weighted by atomic mass is 10.1. The molecule has 27 heavy (non-hydrogen) atoms. The van der Waals surface area contributed by atoms with Crippen LogP contribution in [0.5, 0.6) is 0 Å². The predicted molar refractivity (Wildman–Crippen MR) is 93.9 cm³/mol. The van der Waals surface area contributed by atoms with Gasteiger partial charge in [-0.15, -0.1) is 0 Å². The minimum Gasteiger partial charge on any atom is -0.336 e. The van der Waals surface area contributed by atoms with Gasteiger partial charge in [0.1, 0.15) is 11.9 Å². The second-order valence-corrected chi connectivity index (χ2v) is 8.25. The first-order valence-corrected chi connectivity index (χ1v) is 9.93. The number of halogens is 2. The van der Waals surface area contributed by atoms with Crippen LogP contribution in [0.15, 0.2) is 41.6 Å². The molecule has 146 valence electrons. The van der Waals surface area contributed by atoms with Crippen LogP contribution in [0.2, 0.25) is 0 Å². The van der Waals surface area contributed by atoms with E-state index in [4.69, 9.17) is 0 Å². The monoisotopic (exact) mass is 398 g/mol. The molecule has 0 saturated carbocycles. The second-order valence-electron chi connectivity index (χ2n) is 6.33. The minimum absolute atomic E-state index is 0.0515. The summed E-state index contributed by atoms with van der Waals surface area (Å²) >= 11 is 0. The Morgan fingerprint density at radius 2 is 2.04 bits per heavy atom. The third-order valence-electron chi connectivity index (χ3n) is 4.56. The van der Waals surface area contributed by atoms with Crippen molar-refractivity contribution in [3.8, 4) is 0 Å². The number of benzene rings is 1. The van der Waals surface area contributed by atoms with Crippen molar-refractivity contribution in [3.05, 3.63) is 48.0 Å². The smallest absolute Gasteiger partial charge is 0.336 e. The van der Waals surface area contributed by atoms with E-state index in [2.05, 4.69) is 10.3 Å². The molecule has 1 saturated heterocycles. The molecule has 1 unspecified atom stereocenters. The van der Waals surface area contributed by atoms with E-state index in [1.807, 2.05) is 17.8 Å². The zero-order valence-corrected chi connectivity index (χ0v) is 15.5. The van der Waals surface area contributed by atoms with Gasteiger partial charge in [0.25, 0.3) is 0 Å². The van der Waals surface area contributed by atoms with Gasteiger partial charge in [-0.05, 0) is 17.7 Å². The Kier molecular flexibility index (Phi) is 5.56. The quantitative estimate of drug-likeness (QED) is 0.816. The number of amides is 1. The van der Waals surface area contributed by atoms with Gasteiger partial charge in [0.15, 0.2) is 0 Å². The maximum Gasteiger partial charge on any atom is 0.341 e. The summed E-state index contributed by atoms with van der Waals surface area (Å²) in [5.74, 6) is -2.83. The van der Waals surface area contributed by atoms with E-state index in [1.165, 1.54) is 12.1 Å². The van der Waals surface area contributed by atoms with Crippen LogP contribution >= 0.6 is 0 Å². The normalized spacial score (nSPS) is 18.1. The van der Waals surface area contributed by atoms with E-state index in [1.54, 1.807) is 11.1 Å². The molecule has 2 aromatic rings. The first-order chi connectivity index (χ1) is 12.8. The number of nitrogens with one attached hydrogen (secondary N) is 1. The molecule has 7 nitrogen and oxygen atoms in total. The number of hydrogen-bond donors (Lipinski definition) is 1. The molecule has 1 amide bonds. The maximum atomic E-state index is 12.8. The zero-order valence-electron chi connectivity index (χ0n) is 14.7. The van der Waals surface area contributed by atoms with Gasteiger partial charge in [0.2, 0.25) is 15.7 Å². The Bertz CT molecular complexity index is 913. The SMILES string of the molecule is Cn1ccnc1C1CNCCN1C(=O)Cc1ccc(S(=O)(=O)C(F)F)cc1. The molecule has 1 aromatic heterocycles. The van der Waals surface area contributed by atoms with Gasteiger partial charge in [0.05, 0.1) is 11.3 Å². The third kappa shape index (κ3) is 4.01. The zero-order chi connectivity index (χ0) is 19.6. The van der Waals surface area contributed by atoms with Crippen LogP contribution in [0.25, 0.3) is 0 Å². The van der Waals surface area contributed by atoms with Gasteiger partial charge in [-0.1, -0.05) is 12.1 Å². The molecule has 2 heterocycles. The highest BCUT2D eigenvalue weighted by atomic mass is 32.2. The lowest BCUT2D eigenvalue weighted by Gasteiger charge is -2.35. The number of carbonyl (C=O) groups is 1. The Morgan fingerprint density at radius 1 is 1.33 bits per heavy atom. The standard InChI is InChI=1S/C17H20F2N4O3S/c1-22-8-7-21-16(22)14-11-20-6-9-23(14)15(24)10-12-2-4-13(5-3-12)27(25,26)17(18)19/h2-5,7-8,14,17,20H,6,9-11H2,1H3. The van der Waals surface area contributed by atoms with Crippen molar-refractivity contribution >= 4 is 15.7 Å². The first kappa shape index (κ1) is 19.4. The van der Waals surface area contributed by atoms with Gasteiger partial charge >= 0.3 is 5.76 Å². The predicted octanol–water partition coefficient (Wildman–Crippen LogP) is 1.13. The average molecular weight is 398 g/mol. The van der Waals surface area contributed by atoms with Crippen LogP contribution in [-0.4, -0.2) is 54.2 Å². The van der Waals surface area contributed by atoms with E-state index in [9.17, 15) is 22.0 Å². The van der Waals surface area contributed by atoms with Crippen molar-refractivity contribution < 1.29 is 22.0 Å². The number of nitrogens with zero attached hydrogens (tertiary/aromatic N) is 3. The van der Waals surface area contributed by atoms with Crippen LogP contribution in [-0.2, 0) is 28.1 Å². The number of piperazine rings is 1. The van der Waals surface area contributed by atoms with Crippen molar-refractivity contribution in [2.24, 2.45) is 7.05 Å². The number of carbonyl (C=O) groups excluding carboxylic acids is 1. The van der Waals surface area contributed by atoms with Crippen LogP contribution in [0.4, 0.5) is 8.78 Å². The molecule has 1 fully saturated rings. The molecule has 1 N–H and O–H groups in total. The topological polar surface area (TPSA) is 84.3 Å². The summed E-state index contributed by atoms with van der Waals surface area (Å²) < 4.78 is 50.0. The molecule has 3 rings (SSSR count). The van der Waals surface area contributed by atoms with Crippen LogP contribution in [0, 0.1) is 0 Å². The van der Waals surface area contributed by atoms with Crippen LogP contribution < -0.4 is 5.32 Å². The van der Waals surface area contributed by atoms with Crippen LogP contribution in [0.3, 0.4) is 0 Å². The number of imidazole rings is 1. The largest absolute Gasteiger partial charge is 0.341 e. The summed E-state index contributed by atoms with van der Waals surface area (Å²) in [7, 11) is -2.77. The fraction of sp³-hybridized carbons (Fsp3) is 0.412. The minimum atomic E-state index is -4.63. The van der Waals surface area contributed by atoms with Crippen molar-refractivity contribution in [1.82, 2.24) is 19.8 Å². The summed E-state index contributed by atoms with van der Waals surface area (Å²) in [5, 5.41) is 3.25. The Morgan fingerprint density at radius 3 is 2.63 bits per heavy atom.